The molecule has 1 N–H and O–H groups in total. The molecule has 0 aromatic heterocycles. The van der Waals surface area contributed by atoms with E-state index in [9.17, 15) is 12.8 Å². The minimum absolute atomic E-state index is 0.238. The fraction of sp³-hybridized carbons (Fsp3) is 0.0667. The predicted molar refractivity (Wildman–Crippen MR) is 88.0 cm³/mol. The third-order valence-corrected chi connectivity index (χ3v) is 6.13. The van der Waals surface area contributed by atoms with E-state index in [0.717, 1.165) is 5.41 Å². The fourth-order valence-corrected chi connectivity index (χ4v) is 4.97. The van der Waals surface area contributed by atoms with Crippen molar-refractivity contribution in [3.8, 4) is 0 Å². The number of nitrogens with one attached hydrogen (secondary N) is 1. The van der Waals surface area contributed by atoms with Gasteiger partial charge >= 0.3 is 0 Å². The van der Waals surface area contributed by atoms with Crippen molar-refractivity contribution in [3.05, 3.63) is 69.3 Å². The lowest BCUT2D eigenvalue weighted by molar-refractivity contribution is 0.604. The number of hydrogen-bond donors (Lipinski definition) is 1. The minimum atomic E-state index is -3.49. The van der Waals surface area contributed by atoms with Crippen LogP contribution in [0.2, 0.25) is 5.02 Å². The number of thioether (sulfide) groups is 1. The Kier molecular flexibility index (Phi) is 4.16. The normalized spacial score (nSPS) is 15.6. The van der Waals surface area contributed by atoms with Gasteiger partial charge in [-0.3, -0.25) is 0 Å². The van der Waals surface area contributed by atoms with E-state index in [1.54, 1.807) is 30.3 Å². The van der Waals surface area contributed by atoms with Gasteiger partial charge in [-0.15, -0.1) is 11.8 Å². The summed E-state index contributed by atoms with van der Waals surface area (Å²) >= 11 is 7.16. The van der Waals surface area contributed by atoms with Gasteiger partial charge < -0.3 is 5.32 Å². The van der Waals surface area contributed by atoms with E-state index in [1.165, 1.54) is 23.9 Å². The van der Waals surface area contributed by atoms with Crippen molar-refractivity contribution in [1.29, 1.82) is 0 Å². The number of sulfone groups is 1. The first kappa shape index (κ1) is 15.4. The molecule has 7 heteroatoms. The molecule has 0 fully saturated rings. The monoisotopic (exact) mass is 355 g/mol. The molecule has 114 valence electrons. The molecule has 2 aromatic rings. The number of hydrogen-bond acceptors (Lipinski definition) is 4. The Hall–Kier alpha value is -1.50. The zero-order valence-corrected chi connectivity index (χ0v) is 13.6. The summed E-state index contributed by atoms with van der Waals surface area (Å²) in [7, 11) is -3.49. The number of halogens is 2. The molecule has 0 unspecified atom stereocenters. The molecule has 0 bridgehead atoms. The first-order valence-electron chi connectivity index (χ1n) is 6.36. The third-order valence-electron chi connectivity index (χ3n) is 3.15. The molecule has 22 heavy (non-hydrogen) atoms. The zero-order chi connectivity index (χ0) is 15.7. The molecular weight excluding hydrogens is 345 g/mol. The van der Waals surface area contributed by atoms with Crippen LogP contribution in [-0.2, 0) is 15.6 Å². The lowest BCUT2D eigenvalue weighted by Gasteiger charge is -2.18. The third kappa shape index (κ3) is 2.99. The molecule has 2 aromatic carbocycles. The van der Waals surface area contributed by atoms with Crippen molar-refractivity contribution in [2.24, 2.45) is 0 Å². The summed E-state index contributed by atoms with van der Waals surface area (Å²) in [5, 5.41) is 4.97. The first-order chi connectivity index (χ1) is 10.5. The van der Waals surface area contributed by atoms with E-state index in [2.05, 4.69) is 5.32 Å². The Morgan fingerprint density at radius 2 is 1.91 bits per heavy atom. The average molecular weight is 356 g/mol. The van der Waals surface area contributed by atoms with Crippen LogP contribution in [0.1, 0.15) is 5.56 Å². The van der Waals surface area contributed by atoms with Gasteiger partial charge in [-0.1, -0.05) is 29.8 Å². The molecule has 0 radical (unpaired) electrons. The maximum Gasteiger partial charge on any atom is 0.204 e. The fourth-order valence-electron chi connectivity index (χ4n) is 2.07. The Balaban J connectivity index is 1.85. The van der Waals surface area contributed by atoms with Crippen LogP contribution >= 0.6 is 23.4 Å². The van der Waals surface area contributed by atoms with Crippen LogP contribution in [-0.4, -0.2) is 8.42 Å². The highest BCUT2D eigenvalue weighted by Gasteiger charge is 2.23. The van der Waals surface area contributed by atoms with Gasteiger partial charge in [0, 0.05) is 16.3 Å². The second-order valence-electron chi connectivity index (χ2n) is 4.64. The number of rotatable bonds is 3. The average Bonchev–Trinajstić information content (AvgIpc) is 2.46. The molecule has 1 aliphatic heterocycles. The first-order valence-corrected chi connectivity index (χ1v) is 9.27. The van der Waals surface area contributed by atoms with Crippen molar-refractivity contribution < 1.29 is 12.8 Å². The highest BCUT2D eigenvalue weighted by atomic mass is 35.5. The molecule has 1 heterocycles. The van der Waals surface area contributed by atoms with Gasteiger partial charge in [0.25, 0.3) is 0 Å². The molecule has 3 rings (SSSR count). The SMILES string of the molecule is O=S1(=O)C=C(SCc2c(F)cccc2Cl)Nc2ccccc21. The van der Waals surface area contributed by atoms with E-state index in [4.69, 9.17) is 11.6 Å². The van der Waals surface area contributed by atoms with Crippen molar-refractivity contribution in [2.75, 3.05) is 5.32 Å². The van der Waals surface area contributed by atoms with Crippen molar-refractivity contribution in [3.63, 3.8) is 0 Å². The number of anilines is 1. The highest BCUT2D eigenvalue weighted by Crippen LogP contribution is 2.35. The van der Waals surface area contributed by atoms with Crippen LogP contribution in [0.15, 0.2) is 57.8 Å². The Morgan fingerprint density at radius 3 is 2.68 bits per heavy atom. The Labute approximate surface area is 137 Å². The molecule has 0 atom stereocenters. The summed E-state index contributed by atoms with van der Waals surface area (Å²) in [4.78, 5) is 0.239. The molecule has 0 saturated carbocycles. The second-order valence-corrected chi connectivity index (χ2v) is 7.83. The van der Waals surface area contributed by atoms with Crippen LogP contribution in [0.3, 0.4) is 0 Å². The summed E-state index contributed by atoms with van der Waals surface area (Å²) in [5.74, 6) is -0.165. The number of para-hydroxylation sites is 1. The van der Waals surface area contributed by atoms with Gasteiger partial charge in [0.1, 0.15) is 5.82 Å². The van der Waals surface area contributed by atoms with E-state index in [0.29, 0.717) is 21.3 Å². The Morgan fingerprint density at radius 1 is 1.14 bits per heavy atom. The Bertz CT molecular complexity index is 845. The van der Waals surface area contributed by atoms with Crippen molar-refractivity contribution in [1.82, 2.24) is 0 Å². The molecule has 0 spiro atoms. The smallest absolute Gasteiger partial charge is 0.204 e. The molecular formula is C15H11ClFNO2S2. The maximum absolute atomic E-state index is 13.7. The molecule has 0 aliphatic carbocycles. The van der Waals surface area contributed by atoms with E-state index >= 15 is 0 Å². The number of benzene rings is 2. The molecule has 0 saturated heterocycles. The largest absolute Gasteiger partial charge is 0.349 e. The van der Waals surface area contributed by atoms with Gasteiger partial charge in [0.2, 0.25) is 9.84 Å². The van der Waals surface area contributed by atoms with Crippen LogP contribution < -0.4 is 5.32 Å². The molecule has 0 amide bonds. The quantitative estimate of drug-likeness (QED) is 0.885. The minimum Gasteiger partial charge on any atom is -0.349 e. The van der Waals surface area contributed by atoms with Crippen LogP contribution in [0.25, 0.3) is 0 Å². The van der Waals surface area contributed by atoms with Gasteiger partial charge in [-0.05, 0) is 24.3 Å². The second kappa shape index (κ2) is 5.95. The van der Waals surface area contributed by atoms with Gasteiger partial charge in [0.15, 0.2) is 0 Å². The standard InChI is InChI=1S/C15H11ClFNO2S2/c16-11-4-3-5-12(17)10(11)8-21-15-9-22(19,20)14-7-2-1-6-13(14)18-15/h1-7,9,18H,8H2. The highest BCUT2D eigenvalue weighted by molar-refractivity contribution is 8.03. The van der Waals surface area contributed by atoms with Crippen molar-refractivity contribution in [2.45, 2.75) is 10.6 Å². The topological polar surface area (TPSA) is 46.2 Å². The van der Waals surface area contributed by atoms with Gasteiger partial charge in [0.05, 0.1) is 21.0 Å². The van der Waals surface area contributed by atoms with Crippen LogP contribution in [0.4, 0.5) is 10.1 Å². The summed E-state index contributed by atoms with van der Waals surface area (Å²) in [6, 6.07) is 11.1. The summed E-state index contributed by atoms with van der Waals surface area (Å²) < 4.78 is 38.1. The lowest BCUT2D eigenvalue weighted by atomic mass is 10.2. The van der Waals surface area contributed by atoms with Crippen LogP contribution in [0.5, 0.6) is 0 Å². The van der Waals surface area contributed by atoms with E-state index in [-0.39, 0.29) is 10.6 Å². The molecule has 1 aliphatic rings. The summed E-state index contributed by atoms with van der Waals surface area (Å²) in [6.07, 6.45) is 0. The lowest BCUT2D eigenvalue weighted by Crippen LogP contribution is -2.11. The van der Waals surface area contributed by atoms with Crippen LogP contribution in [0, 0.1) is 5.82 Å². The van der Waals surface area contributed by atoms with Crippen molar-refractivity contribution >= 4 is 38.9 Å². The molecule has 3 nitrogen and oxygen atoms in total. The summed E-state index contributed by atoms with van der Waals surface area (Å²) in [5.41, 5.74) is 0.875. The van der Waals surface area contributed by atoms with E-state index < -0.39 is 15.7 Å². The van der Waals surface area contributed by atoms with Gasteiger partial charge in [-0.2, -0.15) is 0 Å². The number of fused-ring (bicyclic) bond motifs is 1. The predicted octanol–water partition coefficient (Wildman–Crippen LogP) is 4.41. The maximum atomic E-state index is 13.7. The van der Waals surface area contributed by atoms with E-state index in [1.807, 2.05) is 0 Å². The zero-order valence-electron chi connectivity index (χ0n) is 11.2. The summed E-state index contributed by atoms with van der Waals surface area (Å²) in [6.45, 7) is 0. The van der Waals surface area contributed by atoms with Gasteiger partial charge in [-0.25, -0.2) is 12.8 Å².